The van der Waals surface area contributed by atoms with Crippen molar-refractivity contribution in [2.75, 3.05) is 12.4 Å². The maximum atomic E-state index is 12.1. The molecule has 0 radical (unpaired) electrons. The molecule has 0 aliphatic rings. The Hall–Kier alpha value is -2.04. The van der Waals surface area contributed by atoms with Crippen molar-refractivity contribution < 1.29 is 9.59 Å². The Bertz CT molecular complexity index is 484. The van der Waals surface area contributed by atoms with Gasteiger partial charge in [-0.05, 0) is 36.6 Å². The van der Waals surface area contributed by atoms with E-state index in [1.165, 1.54) is 0 Å². The maximum Gasteiger partial charge on any atom is 0.252 e. The van der Waals surface area contributed by atoms with E-state index >= 15 is 0 Å². The smallest absolute Gasteiger partial charge is 0.252 e. The summed E-state index contributed by atoms with van der Waals surface area (Å²) in [6, 6.07) is 4.77. The van der Waals surface area contributed by atoms with Crippen molar-refractivity contribution in [2.24, 2.45) is 11.7 Å². The van der Waals surface area contributed by atoms with Gasteiger partial charge in [0.15, 0.2) is 0 Å². The summed E-state index contributed by atoms with van der Waals surface area (Å²) in [6.07, 6.45) is 0. The topological polar surface area (TPSA) is 84.2 Å². The van der Waals surface area contributed by atoms with E-state index in [-0.39, 0.29) is 11.8 Å². The number of hydrogen-bond acceptors (Lipinski definition) is 3. The Balaban J connectivity index is 2.91. The third-order valence-corrected chi connectivity index (χ3v) is 3.02. The normalized spacial score (nSPS) is 12.1. The van der Waals surface area contributed by atoms with Gasteiger partial charge in [-0.2, -0.15) is 0 Å². The van der Waals surface area contributed by atoms with Crippen LogP contribution in [-0.2, 0) is 4.79 Å². The van der Waals surface area contributed by atoms with Crippen LogP contribution in [0.25, 0.3) is 0 Å². The molecule has 5 nitrogen and oxygen atoms in total. The fraction of sp³-hybridized carbons (Fsp3) is 0.429. The molecular weight excluding hydrogens is 242 g/mol. The molecule has 1 aromatic rings. The highest BCUT2D eigenvalue weighted by molar-refractivity contribution is 5.98. The van der Waals surface area contributed by atoms with Crippen molar-refractivity contribution in [1.29, 1.82) is 0 Å². The number of nitrogens with two attached hydrogens (primary N) is 1. The molecule has 1 aromatic carbocycles. The minimum absolute atomic E-state index is 0.0432. The average molecular weight is 263 g/mol. The lowest BCUT2D eigenvalue weighted by atomic mass is 10.0. The van der Waals surface area contributed by atoms with Crippen LogP contribution in [0.1, 0.15) is 29.8 Å². The highest BCUT2D eigenvalue weighted by Crippen LogP contribution is 2.15. The summed E-state index contributed by atoms with van der Waals surface area (Å²) >= 11 is 0. The zero-order chi connectivity index (χ0) is 14.6. The highest BCUT2D eigenvalue weighted by atomic mass is 16.2. The van der Waals surface area contributed by atoms with Gasteiger partial charge in [-0.25, -0.2) is 0 Å². The van der Waals surface area contributed by atoms with E-state index in [4.69, 9.17) is 5.73 Å². The first kappa shape index (κ1) is 15.0. The molecule has 1 atom stereocenters. The fourth-order valence-electron chi connectivity index (χ4n) is 1.86. The number of nitrogens with one attached hydrogen (secondary N) is 2. The molecule has 19 heavy (non-hydrogen) atoms. The van der Waals surface area contributed by atoms with Gasteiger partial charge in [-0.1, -0.05) is 13.8 Å². The van der Waals surface area contributed by atoms with Gasteiger partial charge in [-0.3, -0.25) is 9.59 Å². The molecule has 1 unspecified atom stereocenters. The SMILES string of the molecule is CNc1ccc(C(=O)NC(C(N)=O)C(C)C)c(C)c1. The number of carbonyl (C=O) groups excluding carboxylic acids is 2. The molecule has 4 N–H and O–H groups in total. The molecule has 0 aliphatic carbocycles. The van der Waals surface area contributed by atoms with E-state index in [9.17, 15) is 9.59 Å². The van der Waals surface area contributed by atoms with Gasteiger partial charge in [0.05, 0.1) is 0 Å². The Morgan fingerprint density at radius 3 is 2.32 bits per heavy atom. The van der Waals surface area contributed by atoms with Crippen LogP contribution in [-0.4, -0.2) is 24.9 Å². The molecule has 2 amide bonds. The molecule has 0 bridgehead atoms. The first-order valence-electron chi connectivity index (χ1n) is 6.25. The lowest BCUT2D eigenvalue weighted by molar-refractivity contribution is -0.120. The molecule has 0 fully saturated rings. The van der Waals surface area contributed by atoms with E-state index < -0.39 is 11.9 Å². The zero-order valence-electron chi connectivity index (χ0n) is 11.8. The monoisotopic (exact) mass is 263 g/mol. The molecular formula is C14H21N3O2. The van der Waals surface area contributed by atoms with Crippen LogP contribution in [0.15, 0.2) is 18.2 Å². The quantitative estimate of drug-likeness (QED) is 0.748. The third-order valence-electron chi connectivity index (χ3n) is 3.02. The van der Waals surface area contributed by atoms with Crippen LogP contribution in [0.3, 0.4) is 0 Å². The van der Waals surface area contributed by atoms with Crippen LogP contribution in [0.2, 0.25) is 0 Å². The Morgan fingerprint density at radius 2 is 1.89 bits per heavy atom. The molecule has 0 spiro atoms. The summed E-state index contributed by atoms with van der Waals surface area (Å²) < 4.78 is 0. The first-order chi connectivity index (χ1) is 8.86. The summed E-state index contributed by atoms with van der Waals surface area (Å²) in [5.41, 5.74) is 7.61. The highest BCUT2D eigenvalue weighted by Gasteiger charge is 2.22. The molecule has 0 aliphatic heterocycles. The average Bonchev–Trinajstić information content (AvgIpc) is 2.34. The predicted molar refractivity (Wildman–Crippen MR) is 76.0 cm³/mol. The van der Waals surface area contributed by atoms with Gasteiger partial charge in [0.2, 0.25) is 5.91 Å². The number of amides is 2. The molecule has 0 aromatic heterocycles. The van der Waals surface area contributed by atoms with Crippen molar-refractivity contribution in [2.45, 2.75) is 26.8 Å². The summed E-state index contributed by atoms with van der Waals surface area (Å²) in [5, 5.41) is 5.68. The first-order valence-corrected chi connectivity index (χ1v) is 6.25. The van der Waals surface area contributed by atoms with Gasteiger partial charge in [0, 0.05) is 18.3 Å². The molecule has 0 heterocycles. The number of aryl methyl sites for hydroxylation is 1. The minimum Gasteiger partial charge on any atom is -0.388 e. The van der Waals surface area contributed by atoms with Crippen molar-refractivity contribution in [1.82, 2.24) is 5.32 Å². The van der Waals surface area contributed by atoms with Gasteiger partial charge < -0.3 is 16.4 Å². The summed E-state index contributed by atoms with van der Waals surface area (Å²) in [6.45, 7) is 5.53. The Labute approximate surface area is 113 Å². The standard InChI is InChI=1S/C14H21N3O2/c1-8(2)12(13(15)18)17-14(19)11-6-5-10(16-4)7-9(11)3/h5-8,12,16H,1-4H3,(H2,15,18)(H,17,19). The van der Waals surface area contributed by atoms with E-state index in [1.54, 1.807) is 6.07 Å². The molecule has 5 heteroatoms. The number of anilines is 1. The van der Waals surface area contributed by atoms with E-state index in [2.05, 4.69) is 10.6 Å². The van der Waals surface area contributed by atoms with Gasteiger partial charge in [0.1, 0.15) is 6.04 Å². The summed E-state index contributed by atoms with van der Waals surface area (Å²) in [5.74, 6) is -0.844. The zero-order valence-corrected chi connectivity index (χ0v) is 11.8. The lowest BCUT2D eigenvalue weighted by Crippen LogP contribution is -2.47. The second-order valence-corrected chi connectivity index (χ2v) is 4.88. The Kier molecular flexibility index (Phi) is 4.92. The third kappa shape index (κ3) is 3.71. The van der Waals surface area contributed by atoms with Crippen molar-refractivity contribution in [3.63, 3.8) is 0 Å². The minimum atomic E-state index is -0.657. The van der Waals surface area contributed by atoms with Gasteiger partial charge in [-0.15, -0.1) is 0 Å². The maximum absolute atomic E-state index is 12.1. The summed E-state index contributed by atoms with van der Waals surface area (Å²) in [7, 11) is 1.82. The fourth-order valence-corrected chi connectivity index (χ4v) is 1.86. The van der Waals surface area contributed by atoms with Gasteiger partial charge >= 0.3 is 0 Å². The molecule has 1 rings (SSSR count). The number of hydrogen-bond donors (Lipinski definition) is 3. The van der Waals surface area contributed by atoms with Gasteiger partial charge in [0.25, 0.3) is 5.91 Å². The van der Waals surface area contributed by atoms with Crippen LogP contribution in [0.4, 0.5) is 5.69 Å². The predicted octanol–water partition coefficient (Wildman–Crippen LogP) is 1.28. The Morgan fingerprint density at radius 1 is 1.26 bits per heavy atom. The lowest BCUT2D eigenvalue weighted by Gasteiger charge is -2.19. The largest absolute Gasteiger partial charge is 0.388 e. The van der Waals surface area contributed by atoms with Crippen LogP contribution in [0, 0.1) is 12.8 Å². The van der Waals surface area contributed by atoms with Crippen LogP contribution >= 0.6 is 0 Å². The number of benzene rings is 1. The molecule has 0 saturated heterocycles. The van der Waals surface area contributed by atoms with Crippen molar-refractivity contribution >= 4 is 17.5 Å². The van der Waals surface area contributed by atoms with Crippen molar-refractivity contribution in [3.05, 3.63) is 29.3 Å². The van der Waals surface area contributed by atoms with Crippen LogP contribution < -0.4 is 16.4 Å². The summed E-state index contributed by atoms with van der Waals surface area (Å²) in [4.78, 5) is 23.4. The second kappa shape index (κ2) is 6.22. The second-order valence-electron chi connectivity index (χ2n) is 4.88. The van der Waals surface area contributed by atoms with E-state index in [0.717, 1.165) is 11.3 Å². The molecule has 0 saturated carbocycles. The molecule has 104 valence electrons. The number of rotatable bonds is 5. The number of carbonyl (C=O) groups is 2. The van der Waals surface area contributed by atoms with E-state index in [1.807, 2.05) is 40.0 Å². The number of primary amides is 1. The van der Waals surface area contributed by atoms with E-state index in [0.29, 0.717) is 5.56 Å². The van der Waals surface area contributed by atoms with Crippen molar-refractivity contribution in [3.8, 4) is 0 Å². The van der Waals surface area contributed by atoms with Crippen LogP contribution in [0.5, 0.6) is 0 Å².